The van der Waals surface area contributed by atoms with Crippen molar-refractivity contribution in [1.82, 2.24) is 4.72 Å². The SMILES string of the molecule is Cc1ccc(F)cc1CNS(=O)(=O)c1ccc2ccccc2c1. The second kappa shape index (κ2) is 6.10. The average Bonchev–Trinajstić information content (AvgIpc) is 2.55. The molecule has 118 valence electrons. The highest BCUT2D eigenvalue weighted by Crippen LogP contribution is 2.19. The Morgan fingerprint density at radius 3 is 2.48 bits per heavy atom. The maximum Gasteiger partial charge on any atom is 0.240 e. The van der Waals surface area contributed by atoms with Gasteiger partial charge in [-0.3, -0.25) is 0 Å². The lowest BCUT2D eigenvalue weighted by Crippen LogP contribution is -2.23. The van der Waals surface area contributed by atoms with Crippen LogP contribution < -0.4 is 4.72 Å². The summed E-state index contributed by atoms with van der Waals surface area (Å²) in [6.45, 7) is 1.87. The van der Waals surface area contributed by atoms with Crippen LogP contribution in [0, 0.1) is 12.7 Å². The molecule has 3 aromatic rings. The highest BCUT2D eigenvalue weighted by molar-refractivity contribution is 7.89. The Balaban J connectivity index is 1.87. The topological polar surface area (TPSA) is 46.2 Å². The van der Waals surface area contributed by atoms with E-state index >= 15 is 0 Å². The van der Waals surface area contributed by atoms with Crippen LogP contribution in [0.1, 0.15) is 11.1 Å². The molecule has 0 heterocycles. The van der Waals surface area contributed by atoms with Crippen LogP contribution in [0.5, 0.6) is 0 Å². The smallest absolute Gasteiger partial charge is 0.207 e. The van der Waals surface area contributed by atoms with Crippen molar-refractivity contribution >= 4 is 20.8 Å². The van der Waals surface area contributed by atoms with Crippen molar-refractivity contribution in [2.24, 2.45) is 0 Å². The molecule has 0 aliphatic rings. The van der Waals surface area contributed by atoms with Crippen molar-refractivity contribution in [1.29, 1.82) is 0 Å². The summed E-state index contributed by atoms with van der Waals surface area (Å²) in [6.07, 6.45) is 0. The normalized spacial score (nSPS) is 11.7. The molecule has 0 spiro atoms. The second-order valence-electron chi connectivity index (χ2n) is 5.40. The molecule has 1 N–H and O–H groups in total. The molecule has 0 saturated carbocycles. The van der Waals surface area contributed by atoms with Gasteiger partial charge in [-0.1, -0.05) is 36.4 Å². The molecule has 23 heavy (non-hydrogen) atoms. The van der Waals surface area contributed by atoms with E-state index in [9.17, 15) is 12.8 Å². The van der Waals surface area contributed by atoms with Gasteiger partial charge in [-0.2, -0.15) is 0 Å². The molecular formula is C18H16FNO2S. The molecule has 3 rings (SSSR count). The third-order valence-corrected chi connectivity index (χ3v) is 5.19. The number of halogens is 1. The van der Waals surface area contributed by atoms with E-state index in [0.29, 0.717) is 5.56 Å². The molecule has 0 saturated heterocycles. The predicted molar refractivity (Wildman–Crippen MR) is 89.1 cm³/mol. The van der Waals surface area contributed by atoms with Crippen molar-refractivity contribution in [3.05, 3.63) is 77.6 Å². The van der Waals surface area contributed by atoms with E-state index in [-0.39, 0.29) is 17.3 Å². The Kier molecular flexibility index (Phi) is 4.15. The van der Waals surface area contributed by atoms with Crippen LogP contribution in [0.4, 0.5) is 4.39 Å². The number of hydrogen-bond donors (Lipinski definition) is 1. The van der Waals surface area contributed by atoms with Gasteiger partial charge in [0.1, 0.15) is 5.82 Å². The lowest BCUT2D eigenvalue weighted by Gasteiger charge is -2.10. The minimum Gasteiger partial charge on any atom is -0.207 e. The lowest BCUT2D eigenvalue weighted by atomic mass is 10.1. The summed E-state index contributed by atoms with van der Waals surface area (Å²) in [6, 6.07) is 16.9. The Morgan fingerprint density at radius 2 is 1.70 bits per heavy atom. The zero-order valence-corrected chi connectivity index (χ0v) is 13.4. The molecule has 5 heteroatoms. The number of benzene rings is 3. The highest BCUT2D eigenvalue weighted by atomic mass is 32.2. The van der Waals surface area contributed by atoms with E-state index in [2.05, 4.69) is 4.72 Å². The van der Waals surface area contributed by atoms with Crippen LogP contribution in [-0.4, -0.2) is 8.42 Å². The molecule has 0 unspecified atom stereocenters. The molecule has 0 radical (unpaired) electrons. The summed E-state index contributed by atoms with van der Waals surface area (Å²) in [7, 11) is -3.65. The summed E-state index contributed by atoms with van der Waals surface area (Å²) in [5.41, 5.74) is 1.46. The number of fused-ring (bicyclic) bond motifs is 1. The lowest BCUT2D eigenvalue weighted by molar-refractivity contribution is 0.580. The van der Waals surface area contributed by atoms with Crippen molar-refractivity contribution < 1.29 is 12.8 Å². The standard InChI is InChI=1S/C18H16FNO2S/c1-13-6-8-17(19)10-16(13)12-20-23(21,22)18-9-7-14-4-2-3-5-15(14)11-18/h2-11,20H,12H2,1H3. The molecule has 0 amide bonds. The number of hydrogen-bond acceptors (Lipinski definition) is 2. The maximum atomic E-state index is 13.3. The fourth-order valence-electron chi connectivity index (χ4n) is 2.42. The van der Waals surface area contributed by atoms with Gasteiger partial charge in [0.25, 0.3) is 0 Å². The third kappa shape index (κ3) is 3.41. The van der Waals surface area contributed by atoms with Gasteiger partial charge in [0.2, 0.25) is 10.0 Å². The fourth-order valence-corrected chi connectivity index (χ4v) is 3.46. The van der Waals surface area contributed by atoms with Gasteiger partial charge >= 0.3 is 0 Å². The summed E-state index contributed by atoms with van der Waals surface area (Å²) in [5, 5.41) is 1.84. The third-order valence-electron chi connectivity index (χ3n) is 3.80. The van der Waals surface area contributed by atoms with Gasteiger partial charge in [0.05, 0.1) is 4.90 Å². The Bertz CT molecular complexity index is 968. The Hall–Kier alpha value is -2.24. The van der Waals surface area contributed by atoms with E-state index in [1.54, 1.807) is 24.3 Å². The summed E-state index contributed by atoms with van der Waals surface area (Å²) < 4.78 is 40.7. The summed E-state index contributed by atoms with van der Waals surface area (Å²) in [4.78, 5) is 0.199. The van der Waals surface area contributed by atoms with E-state index in [4.69, 9.17) is 0 Å². The molecule has 0 aliphatic heterocycles. The molecule has 0 aromatic heterocycles. The average molecular weight is 329 g/mol. The zero-order chi connectivity index (χ0) is 16.4. The fraction of sp³-hybridized carbons (Fsp3) is 0.111. The first-order valence-corrected chi connectivity index (χ1v) is 8.67. The first-order valence-electron chi connectivity index (χ1n) is 7.19. The van der Waals surface area contributed by atoms with Gasteiger partial charge in [0.15, 0.2) is 0 Å². The van der Waals surface area contributed by atoms with Crippen LogP contribution in [0.15, 0.2) is 65.6 Å². The van der Waals surface area contributed by atoms with E-state index in [0.717, 1.165) is 16.3 Å². The number of aryl methyl sites for hydroxylation is 1. The number of rotatable bonds is 4. The van der Waals surface area contributed by atoms with Crippen molar-refractivity contribution in [2.45, 2.75) is 18.4 Å². The summed E-state index contributed by atoms with van der Waals surface area (Å²) >= 11 is 0. The molecule has 0 bridgehead atoms. The van der Waals surface area contributed by atoms with Crippen LogP contribution >= 0.6 is 0 Å². The molecule has 3 aromatic carbocycles. The highest BCUT2D eigenvalue weighted by Gasteiger charge is 2.14. The van der Waals surface area contributed by atoms with Crippen LogP contribution in [0.2, 0.25) is 0 Å². The van der Waals surface area contributed by atoms with Crippen LogP contribution in [-0.2, 0) is 16.6 Å². The van der Waals surface area contributed by atoms with Gasteiger partial charge in [-0.05, 0) is 53.1 Å². The molecule has 0 aliphatic carbocycles. The predicted octanol–water partition coefficient (Wildman–Crippen LogP) is 3.77. The minimum absolute atomic E-state index is 0.0543. The van der Waals surface area contributed by atoms with E-state index in [1.807, 2.05) is 31.2 Å². The van der Waals surface area contributed by atoms with Gasteiger partial charge < -0.3 is 0 Å². The van der Waals surface area contributed by atoms with E-state index < -0.39 is 10.0 Å². The first-order chi connectivity index (χ1) is 11.0. The first kappa shape index (κ1) is 15.6. The molecule has 0 atom stereocenters. The van der Waals surface area contributed by atoms with Crippen molar-refractivity contribution in [2.75, 3.05) is 0 Å². The van der Waals surface area contributed by atoms with Gasteiger partial charge in [0, 0.05) is 6.54 Å². The largest absolute Gasteiger partial charge is 0.240 e. The monoisotopic (exact) mass is 329 g/mol. The number of nitrogens with one attached hydrogen (secondary N) is 1. The van der Waals surface area contributed by atoms with Crippen LogP contribution in [0.25, 0.3) is 10.8 Å². The van der Waals surface area contributed by atoms with Crippen molar-refractivity contribution in [3.63, 3.8) is 0 Å². The van der Waals surface area contributed by atoms with E-state index in [1.165, 1.54) is 12.1 Å². The van der Waals surface area contributed by atoms with Gasteiger partial charge in [-0.15, -0.1) is 0 Å². The van der Waals surface area contributed by atoms with Gasteiger partial charge in [-0.25, -0.2) is 17.5 Å². The van der Waals surface area contributed by atoms with Crippen molar-refractivity contribution in [3.8, 4) is 0 Å². The molecule has 0 fully saturated rings. The minimum atomic E-state index is -3.65. The van der Waals surface area contributed by atoms with Crippen LogP contribution in [0.3, 0.4) is 0 Å². The quantitative estimate of drug-likeness (QED) is 0.792. The molecular weight excluding hydrogens is 313 g/mol. The Labute approximate surface area is 134 Å². The second-order valence-corrected chi connectivity index (χ2v) is 7.17. The number of sulfonamides is 1. The Morgan fingerprint density at radius 1 is 0.957 bits per heavy atom. The molecule has 3 nitrogen and oxygen atoms in total. The zero-order valence-electron chi connectivity index (χ0n) is 12.6. The summed E-state index contributed by atoms with van der Waals surface area (Å²) in [5.74, 6) is -0.379. The maximum absolute atomic E-state index is 13.3.